The summed E-state index contributed by atoms with van der Waals surface area (Å²) < 4.78 is 38.7. The monoisotopic (exact) mass is 422 g/mol. The SMILES string of the molecule is CCCCc1noc(C(C)Nc2ccc(OCC)c(S(=O)(=O)N3CCCC3)c2)n1. The van der Waals surface area contributed by atoms with E-state index in [1.807, 2.05) is 13.8 Å². The van der Waals surface area contributed by atoms with Crippen LogP contribution in [0.15, 0.2) is 27.6 Å². The molecule has 0 spiro atoms. The van der Waals surface area contributed by atoms with Crippen LogP contribution < -0.4 is 10.1 Å². The molecule has 1 aromatic heterocycles. The number of hydrogen-bond donors (Lipinski definition) is 1. The van der Waals surface area contributed by atoms with Crippen LogP contribution in [-0.2, 0) is 16.4 Å². The topological polar surface area (TPSA) is 97.6 Å². The molecule has 1 atom stereocenters. The molecule has 0 saturated carbocycles. The standard InChI is InChI=1S/C20H30N4O4S/c1-4-6-9-19-22-20(28-23-19)15(3)21-16-10-11-17(27-5-2)18(14-16)29(25,26)24-12-7-8-13-24/h10-11,14-15,21H,4-9,12-13H2,1-3H3. The molecule has 0 bridgehead atoms. The predicted octanol–water partition coefficient (Wildman–Crippen LogP) is 3.77. The molecule has 1 saturated heterocycles. The van der Waals surface area contributed by atoms with Crippen LogP contribution in [0.25, 0.3) is 0 Å². The zero-order valence-corrected chi connectivity index (χ0v) is 18.2. The van der Waals surface area contributed by atoms with Gasteiger partial charge in [-0.3, -0.25) is 0 Å². The fraction of sp³-hybridized carbons (Fsp3) is 0.600. The number of sulfonamides is 1. The number of benzene rings is 1. The summed E-state index contributed by atoms with van der Waals surface area (Å²) in [5.41, 5.74) is 0.659. The molecule has 2 heterocycles. The summed E-state index contributed by atoms with van der Waals surface area (Å²) in [6, 6.07) is 4.88. The highest BCUT2D eigenvalue weighted by Gasteiger charge is 2.30. The molecule has 8 nitrogen and oxygen atoms in total. The van der Waals surface area contributed by atoms with Crippen LogP contribution in [0.3, 0.4) is 0 Å². The molecular weight excluding hydrogens is 392 g/mol. The van der Waals surface area contributed by atoms with Gasteiger partial charge in [-0.05, 0) is 51.3 Å². The summed E-state index contributed by atoms with van der Waals surface area (Å²) in [6.45, 7) is 7.35. The number of nitrogens with one attached hydrogen (secondary N) is 1. The van der Waals surface area contributed by atoms with Crippen LogP contribution >= 0.6 is 0 Å². The molecule has 0 radical (unpaired) electrons. The van der Waals surface area contributed by atoms with E-state index in [1.165, 1.54) is 4.31 Å². The summed E-state index contributed by atoms with van der Waals surface area (Å²) in [4.78, 5) is 4.62. The number of rotatable bonds is 10. The highest BCUT2D eigenvalue weighted by molar-refractivity contribution is 7.89. The van der Waals surface area contributed by atoms with E-state index in [-0.39, 0.29) is 10.9 Å². The van der Waals surface area contributed by atoms with Crippen LogP contribution in [0, 0.1) is 0 Å². The van der Waals surface area contributed by atoms with Gasteiger partial charge in [-0.2, -0.15) is 9.29 Å². The highest BCUT2D eigenvalue weighted by Crippen LogP contribution is 2.32. The van der Waals surface area contributed by atoms with Gasteiger partial charge in [0.2, 0.25) is 15.9 Å². The van der Waals surface area contributed by atoms with Gasteiger partial charge in [0.15, 0.2) is 5.82 Å². The molecule has 2 aromatic rings. The van der Waals surface area contributed by atoms with Crippen LogP contribution in [0.2, 0.25) is 0 Å². The molecule has 1 N–H and O–H groups in total. The molecule has 1 fully saturated rings. The van der Waals surface area contributed by atoms with E-state index in [9.17, 15) is 8.42 Å². The lowest BCUT2D eigenvalue weighted by Gasteiger charge is -2.20. The van der Waals surface area contributed by atoms with Crippen molar-refractivity contribution in [3.8, 4) is 5.75 Å². The summed E-state index contributed by atoms with van der Waals surface area (Å²) >= 11 is 0. The maximum absolute atomic E-state index is 13.1. The number of nitrogens with zero attached hydrogens (tertiary/aromatic N) is 3. The first-order valence-corrected chi connectivity index (χ1v) is 11.8. The van der Waals surface area contributed by atoms with Gasteiger partial charge >= 0.3 is 0 Å². The number of hydrogen-bond acceptors (Lipinski definition) is 7. The average Bonchev–Trinajstić information content (AvgIpc) is 3.40. The fourth-order valence-corrected chi connectivity index (χ4v) is 5.01. The highest BCUT2D eigenvalue weighted by atomic mass is 32.2. The Bertz CT molecular complexity index is 907. The van der Waals surface area contributed by atoms with Crippen molar-refractivity contribution in [2.75, 3.05) is 25.0 Å². The number of aryl methyl sites for hydroxylation is 1. The third kappa shape index (κ3) is 5.08. The van der Waals surface area contributed by atoms with Crippen molar-refractivity contribution in [2.24, 2.45) is 0 Å². The first-order valence-electron chi connectivity index (χ1n) is 10.3. The molecular formula is C20H30N4O4S. The molecule has 0 aliphatic carbocycles. The summed E-state index contributed by atoms with van der Waals surface area (Å²) in [5.74, 6) is 1.55. The van der Waals surface area contributed by atoms with Gasteiger partial charge in [-0.25, -0.2) is 8.42 Å². The van der Waals surface area contributed by atoms with Crippen molar-refractivity contribution < 1.29 is 17.7 Å². The van der Waals surface area contributed by atoms with Crippen LogP contribution in [0.5, 0.6) is 5.75 Å². The molecule has 1 aliphatic heterocycles. The Morgan fingerprint density at radius 3 is 2.72 bits per heavy atom. The number of anilines is 1. The van der Waals surface area contributed by atoms with Crippen LogP contribution in [0.1, 0.15) is 64.2 Å². The van der Waals surface area contributed by atoms with Gasteiger partial charge in [0.25, 0.3) is 0 Å². The van der Waals surface area contributed by atoms with Crippen molar-refractivity contribution in [3.63, 3.8) is 0 Å². The maximum Gasteiger partial charge on any atom is 0.248 e. The minimum atomic E-state index is -3.60. The van der Waals surface area contributed by atoms with Crippen molar-refractivity contribution in [2.45, 2.75) is 63.8 Å². The summed E-state index contributed by atoms with van der Waals surface area (Å²) in [7, 11) is -3.60. The Labute approximate surface area is 172 Å². The van der Waals surface area contributed by atoms with Gasteiger partial charge < -0.3 is 14.6 Å². The third-order valence-electron chi connectivity index (χ3n) is 4.92. The lowest BCUT2D eigenvalue weighted by Crippen LogP contribution is -2.28. The van der Waals surface area contributed by atoms with Crippen molar-refractivity contribution >= 4 is 15.7 Å². The average molecular weight is 423 g/mol. The molecule has 1 aromatic carbocycles. The van der Waals surface area contributed by atoms with E-state index in [2.05, 4.69) is 22.4 Å². The minimum Gasteiger partial charge on any atom is -0.492 e. The predicted molar refractivity (Wildman–Crippen MR) is 111 cm³/mol. The molecule has 0 amide bonds. The normalized spacial score (nSPS) is 16.1. The molecule has 1 unspecified atom stereocenters. The van der Waals surface area contributed by atoms with Gasteiger partial charge in [0.1, 0.15) is 16.7 Å². The van der Waals surface area contributed by atoms with Crippen molar-refractivity contribution in [1.82, 2.24) is 14.4 Å². The fourth-order valence-electron chi connectivity index (χ4n) is 3.33. The quantitative estimate of drug-likeness (QED) is 0.622. The largest absolute Gasteiger partial charge is 0.492 e. The zero-order valence-electron chi connectivity index (χ0n) is 17.3. The van der Waals surface area contributed by atoms with E-state index < -0.39 is 10.0 Å². The molecule has 9 heteroatoms. The maximum atomic E-state index is 13.1. The van der Waals surface area contributed by atoms with Gasteiger partial charge in [-0.15, -0.1) is 0 Å². The Morgan fingerprint density at radius 1 is 1.28 bits per heavy atom. The number of ether oxygens (including phenoxy) is 1. The Hall–Kier alpha value is -2.13. The number of unbranched alkanes of at least 4 members (excludes halogenated alkanes) is 1. The van der Waals surface area contributed by atoms with Crippen molar-refractivity contribution in [1.29, 1.82) is 0 Å². The zero-order chi connectivity index (χ0) is 20.9. The number of aromatic nitrogens is 2. The summed E-state index contributed by atoms with van der Waals surface area (Å²) in [6.07, 6.45) is 4.63. The molecule has 3 rings (SSSR count). The second-order valence-electron chi connectivity index (χ2n) is 7.22. The van der Waals surface area contributed by atoms with E-state index in [1.54, 1.807) is 18.2 Å². The van der Waals surface area contributed by atoms with E-state index in [0.29, 0.717) is 42.8 Å². The molecule has 160 valence electrons. The second kappa shape index (κ2) is 9.58. The Balaban J connectivity index is 1.81. The lowest BCUT2D eigenvalue weighted by molar-refractivity contribution is 0.329. The van der Waals surface area contributed by atoms with Gasteiger partial charge in [0, 0.05) is 25.2 Å². The molecule has 1 aliphatic rings. The van der Waals surface area contributed by atoms with E-state index >= 15 is 0 Å². The van der Waals surface area contributed by atoms with Gasteiger partial charge in [-0.1, -0.05) is 18.5 Å². The van der Waals surface area contributed by atoms with E-state index in [4.69, 9.17) is 9.26 Å². The van der Waals surface area contributed by atoms with Crippen molar-refractivity contribution in [3.05, 3.63) is 29.9 Å². The molecule has 29 heavy (non-hydrogen) atoms. The first-order chi connectivity index (χ1) is 14.0. The first kappa shape index (κ1) is 21.6. The summed E-state index contributed by atoms with van der Waals surface area (Å²) in [5, 5.41) is 7.28. The van der Waals surface area contributed by atoms with Gasteiger partial charge in [0.05, 0.1) is 6.61 Å². The Morgan fingerprint density at radius 2 is 2.03 bits per heavy atom. The lowest BCUT2D eigenvalue weighted by atomic mass is 10.2. The smallest absolute Gasteiger partial charge is 0.248 e. The third-order valence-corrected chi connectivity index (χ3v) is 6.84. The van der Waals surface area contributed by atoms with Crippen LogP contribution in [0.4, 0.5) is 5.69 Å². The second-order valence-corrected chi connectivity index (χ2v) is 9.13. The minimum absolute atomic E-state index is 0.188. The Kier molecular flexibility index (Phi) is 7.13. The van der Waals surface area contributed by atoms with E-state index in [0.717, 1.165) is 32.1 Å². The van der Waals surface area contributed by atoms with Crippen LogP contribution in [-0.4, -0.2) is 42.6 Å².